The average molecular weight is 337 g/mol. The fraction of sp³-hybridized carbons (Fsp3) is 0.467. The fourth-order valence-corrected chi connectivity index (χ4v) is 3.01. The molecule has 1 aliphatic heterocycles. The van der Waals surface area contributed by atoms with Gasteiger partial charge in [-0.3, -0.25) is 4.79 Å². The van der Waals surface area contributed by atoms with Crippen molar-refractivity contribution in [2.75, 3.05) is 5.32 Å². The lowest BCUT2D eigenvalue weighted by Crippen LogP contribution is -2.32. The number of carbonyl (C=O) groups excluding carboxylic acids is 1. The maximum atomic E-state index is 12.4. The molecular formula is C15H17BrN2O2. The molecule has 1 fully saturated rings. The van der Waals surface area contributed by atoms with Crippen LogP contribution in [0.5, 0.6) is 0 Å². The monoisotopic (exact) mass is 336 g/mol. The maximum absolute atomic E-state index is 12.4. The zero-order valence-electron chi connectivity index (χ0n) is 11.7. The van der Waals surface area contributed by atoms with Crippen LogP contribution in [0.3, 0.4) is 0 Å². The molecule has 4 unspecified atom stereocenters. The molecule has 2 rings (SSSR count). The van der Waals surface area contributed by atoms with Crippen LogP contribution in [-0.4, -0.2) is 18.1 Å². The molecule has 1 amide bonds. The molecule has 1 N–H and O–H groups in total. The van der Waals surface area contributed by atoms with E-state index in [1.807, 2.05) is 20.8 Å². The topological polar surface area (TPSA) is 62.1 Å². The van der Waals surface area contributed by atoms with E-state index in [1.165, 1.54) is 0 Å². The number of rotatable bonds is 2. The predicted molar refractivity (Wildman–Crippen MR) is 80.1 cm³/mol. The minimum absolute atomic E-state index is 0.0682. The quantitative estimate of drug-likeness (QED) is 0.900. The Bertz CT molecular complexity index is 567. The lowest BCUT2D eigenvalue weighted by Gasteiger charge is -2.18. The number of nitriles is 1. The molecular weight excluding hydrogens is 320 g/mol. The summed E-state index contributed by atoms with van der Waals surface area (Å²) >= 11 is 3.35. The second-order valence-electron chi connectivity index (χ2n) is 5.22. The van der Waals surface area contributed by atoms with Crippen LogP contribution >= 0.6 is 15.9 Å². The number of nitrogens with one attached hydrogen (secondary N) is 1. The van der Waals surface area contributed by atoms with Gasteiger partial charge >= 0.3 is 0 Å². The van der Waals surface area contributed by atoms with Crippen molar-refractivity contribution < 1.29 is 9.53 Å². The van der Waals surface area contributed by atoms with E-state index in [0.717, 1.165) is 4.47 Å². The van der Waals surface area contributed by atoms with Gasteiger partial charge in [0.15, 0.2) is 0 Å². The van der Waals surface area contributed by atoms with E-state index in [-0.39, 0.29) is 30.0 Å². The highest BCUT2D eigenvalue weighted by molar-refractivity contribution is 9.10. The molecule has 106 valence electrons. The van der Waals surface area contributed by atoms with Crippen LogP contribution in [0.25, 0.3) is 0 Å². The Morgan fingerprint density at radius 3 is 2.60 bits per heavy atom. The Balaban J connectivity index is 2.20. The molecule has 1 aliphatic rings. The largest absolute Gasteiger partial charge is 0.374 e. The van der Waals surface area contributed by atoms with Gasteiger partial charge in [-0.1, -0.05) is 22.9 Å². The average Bonchev–Trinajstić information content (AvgIpc) is 2.63. The van der Waals surface area contributed by atoms with Gasteiger partial charge in [-0.15, -0.1) is 0 Å². The number of benzene rings is 1. The predicted octanol–water partition coefficient (Wildman–Crippen LogP) is 3.32. The van der Waals surface area contributed by atoms with E-state index >= 15 is 0 Å². The van der Waals surface area contributed by atoms with Crippen molar-refractivity contribution in [3.05, 3.63) is 28.2 Å². The van der Waals surface area contributed by atoms with Crippen molar-refractivity contribution in [1.82, 2.24) is 0 Å². The van der Waals surface area contributed by atoms with E-state index < -0.39 is 0 Å². The zero-order chi connectivity index (χ0) is 14.9. The van der Waals surface area contributed by atoms with Gasteiger partial charge in [-0.05, 0) is 38.0 Å². The van der Waals surface area contributed by atoms with Crippen molar-refractivity contribution in [2.24, 2.45) is 11.8 Å². The third-order valence-corrected chi connectivity index (χ3v) is 4.40. The van der Waals surface area contributed by atoms with Crippen LogP contribution in [0.2, 0.25) is 0 Å². The minimum atomic E-state index is -0.199. The standard InChI is InChI=1S/C15H17BrN2O2/c1-8-9(2)20-10(3)14(8)15(19)18-13-6-12(16)5-4-11(13)7-17/h4-6,8-10,14H,1-3H3,(H,18,19). The molecule has 0 saturated carbocycles. The van der Waals surface area contributed by atoms with Gasteiger partial charge in [-0.2, -0.15) is 5.26 Å². The SMILES string of the molecule is CC1OC(C)C(C(=O)Nc2cc(Br)ccc2C#N)C1C. The third-order valence-electron chi connectivity index (χ3n) is 3.90. The summed E-state index contributed by atoms with van der Waals surface area (Å²) in [4.78, 5) is 12.4. The molecule has 0 radical (unpaired) electrons. The fourth-order valence-electron chi connectivity index (χ4n) is 2.65. The normalized spacial score (nSPS) is 28.9. The van der Waals surface area contributed by atoms with Crippen molar-refractivity contribution in [1.29, 1.82) is 5.26 Å². The van der Waals surface area contributed by atoms with E-state index in [4.69, 9.17) is 10.00 Å². The van der Waals surface area contributed by atoms with Gasteiger partial charge in [0.2, 0.25) is 5.91 Å². The van der Waals surface area contributed by atoms with Crippen LogP contribution in [0.1, 0.15) is 26.3 Å². The Morgan fingerprint density at radius 1 is 1.35 bits per heavy atom. The Labute approximate surface area is 127 Å². The van der Waals surface area contributed by atoms with Crippen LogP contribution < -0.4 is 5.32 Å². The summed E-state index contributed by atoms with van der Waals surface area (Å²) in [6.45, 7) is 5.91. The van der Waals surface area contributed by atoms with E-state index in [1.54, 1.807) is 18.2 Å². The van der Waals surface area contributed by atoms with Crippen molar-refractivity contribution in [2.45, 2.75) is 33.0 Å². The minimum Gasteiger partial charge on any atom is -0.374 e. The summed E-state index contributed by atoms with van der Waals surface area (Å²) in [5.74, 6) is -0.137. The van der Waals surface area contributed by atoms with Gasteiger partial charge in [0.1, 0.15) is 6.07 Å². The number of anilines is 1. The molecule has 5 heteroatoms. The van der Waals surface area contributed by atoms with Crippen molar-refractivity contribution >= 4 is 27.5 Å². The molecule has 4 nitrogen and oxygen atoms in total. The molecule has 1 aromatic rings. The summed E-state index contributed by atoms with van der Waals surface area (Å²) in [6.07, 6.45) is -0.0450. The van der Waals surface area contributed by atoms with Gasteiger partial charge in [0.25, 0.3) is 0 Å². The van der Waals surface area contributed by atoms with Gasteiger partial charge < -0.3 is 10.1 Å². The number of hydrogen-bond acceptors (Lipinski definition) is 3. The first kappa shape index (κ1) is 15.0. The molecule has 1 saturated heterocycles. The first-order valence-corrected chi connectivity index (χ1v) is 7.39. The highest BCUT2D eigenvalue weighted by atomic mass is 79.9. The zero-order valence-corrected chi connectivity index (χ0v) is 13.3. The number of hydrogen-bond donors (Lipinski definition) is 1. The molecule has 1 heterocycles. The third kappa shape index (κ3) is 2.87. The first-order valence-electron chi connectivity index (χ1n) is 6.60. The summed E-state index contributed by atoms with van der Waals surface area (Å²) < 4.78 is 6.51. The Kier molecular flexibility index (Phi) is 4.46. The van der Waals surface area contributed by atoms with E-state index in [9.17, 15) is 4.79 Å². The molecule has 1 aromatic carbocycles. The molecule has 0 aliphatic carbocycles. The van der Waals surface area contributed by atoms with Gasteiger partial charge in [-0.25, -0.2) is 0 Å². The van der Waals surface area contributed by atoms with Crippen LogP contribution in [0, 0.1) is 23.2 Å². The van der Waals surface area contributed by atoms with Gasteiger partial charge in [0, 0.05) is 4.47 Å². The van der Waals surface area contributed by atoms with E-state index in [2.05, 4.69) is 27.3 Å². The number of ether oxygens (including phenoxy) is 1. The van der Waals surface area contributed by atoms with Crippen LogP contribution in [0.4, 0.5) is 5.69 Å². The molecule has 0 aromatic heterocycles. The van der Waals surface area contributed by atoms with E-state index in [0.29, 0.717) is 11.3 Å². The lowest BCUT2D eigenvalue weighted by atomic mass is 9.88. The smallest absolute Gasteiger partial charge is 0.230 e. The van der Waals surface area contributed by atoms with Crippen molar-refractivity contribution in [3.63, 3.8) is 0 Å². The molecule has 20 heavy (non-hydrogen) atoms. The number of halogens is 1. The maximum Gasteiger partial charge on any atom is 0.230 e. The summed E-state index contributed by atoms with van der Waals surface area (Å²) in [5, 5.41) is 11.9. The number of carbonyl (C=O) groups is 1. The Morgan fingerprint density at radius 2 is 2.05 bits per heavy atom. The molecule has 4 atom stereocenters. The molecule has 0 spiro atoms. The second kappa shape index (κ2) is 5.94. The van der Waals surface area contributed by atoms with Crippen LogP contribution in [-0.2, 0) is 9.53 Å². The summed E-state index contributed by atoms with van der Waals surface area (Å²) in [5.41, 5.74) is 0.986. The lowest BCUT2D eigenvalue weighted by molar-refractivity contribution is -0.121. The van der Waals surface area contributed by atoms with Crippen LogP contribution in [0.15, 0.2) is 22.7 Å². The van der Waals surface area contributed by atoms with Gasteiger partial charge in [0.05, 0.1) is 29.4 Å². The summed E-state index contributed by atoms with van der Waals surface area (Å²) in [7, 11) is 0. The second-order valence-corrected chi connectivity index (χ2v) is 6.14. The van der Waals surface area contributed by atoms with Crippen molar-refractivity contribution in [3.8, 4) is 6.07 Å². The Hall–Kier alpha value is -1.38. The summed E-state index contributed by atoms with van der Waals surface area (Å²) in [6, 6.07) is 7.28. The number of amides is 1. The highest BCUT2D eigenvalue weighted by Crippen LogP contribution is 2.33. The highest BCUT2D eigenvalue weighted by Gasteiger charge is 2.41. The first-order chi connectivity index (χ1) is 9.43. The molecule has 0 bridgehead atoms. The number of nitrogens with zero attached hydrogens (tertiary/aromatic N) is 1.